The second-order valence-corrected chi connectivity index (χ2v) is 5.32. The number of halogens is 1. The summed E-state index contributed by atoms with van der Waals surface area (Å²) in [6.45, 7) is 1.04. The molecule has 0 aliphatic carbocycles. The molecule has 4 heteroatoms. The maximum absolute atomic E-state index is 11.8. The van der Waals surface area contributed by atoms with E-state index >= 15 is 0 Å². The molecule has 2 rings (SSSR count). The van der Waals surface area contributed by atoms with Crippen LogP contribution in [0.3, 0.4) is 0 Å². The fourth-order valence-electron chi connectivity index (χ4n) is 2.07. The Morgan fingerprint density at radius 3 is 2.76 bits per heavy atom. The Balaban J connectivity index is 1.82. The van der Waals surface area contributed by atoms with E-state index in [4.69, 9.17) is 0 Å². The third-order valence-electron chi connectivity index (χ3n) is 2.97. The monoisotopic (exact) mass is 296 g/mol. The molecule has 1 aromatic carbocycles. The van der Waals surface area contributed by atoms with Crippen molar-refractivity contribution in [3.8, 4) is 0 Å². The van der Waals surface area contributed by atoms with Crippen LogP contribution in [-0.2, 0) is 4.79 Å². The Kier molecular flexibility index (Phi) is 4.57. The molecule has 1 saturated heterocycles. The molecule has 1 atom stereocenters. The van der Waals surface area contributed by atoms with E-state index in [0.717, 1.165) is 23.1 Å². The zero-order valence-corrected chi connectivity index (χ0v) is 11.3. The molecule has 1 aliphatic heterocycles. The van der Waals surface area contributed by atoms with Crippen LogP contribution < -0.4 is 10.6 Å². The molecule has 2 N–H and O–H groups in total. The number of nitrogens with one attached hydrogen (secondary N) is 2. The molecule has 1 heterocycles. The maximum Gasteiger partial charge on any atom is 0.225 e. The van der Waals surface area contributed by atoms with Crippen LogP contribution in [0.5, 0.6) is 0 Å². The topological polar surface area (TPSA) is 41.1 Å². The zero-order chi connectivity index (χ0) is 12.1. The maximum atomic E-state index is 11.8. The number of anilines is 1. The SMILES string of the molecule is O=C(CC1CCCCN1)Nc1ccc(Br)cc1. The molecule has 1 amide bonds. The Bertz CT molecular complexity index is 372. The van der Waals surface area contributed by atoms with Crippen LogP contribution in [0, 0.1) is 0 Å². The van der Waals surface area contributed by atoms with Crippen molar-refractivity contribution in [1.29, 1.82) is 0 Å². The molecule has 92 valence electrons. The molecule has 17 heavy (non-hydrogen) atoms. The molecule has 1 unspecified atom stereocenters. The van der Waals surface area contributed by atoms with Crippen molar-refractivity contribution >= 4 is 27.5 Å². The lowest BCUT2D eigenvalue weighted by atomic mass is 10.0. The smallest absolute Gasteiger partial charge is 0.225 e. The highest BCUT2D eigenvalue weighted by molar-refractivity contribution is 9.10. The zero-order valence-electron chi connectivity index (χ0n) is 9.71. The molecule has 0 saturated carbocycles. The Morgan fingerprint density at radius 2 is 2.12 bits per heavy atom. The van der Waals surface area contributed by atoms with Crippen LogP contribution in [0.1, 0.15) is 25.7 Å². The first kappa shape index (κ1) is 12.6. The van der Waals surface area contributed by atoms with Gasteiger partial charge in [-0.2, -0.15) is 0 Å². The predicted molar refractivity (Wildman–Crippen MR) is 73.0 cm³/mol. The summed E-state index contributed by atoms with van der Waals surface area (Å²) in [6.07, 6.45) is 4.12. The van der Waals surface area contributed by atoms with Crippen LogP contribution in [0.4, 0.5) is 5.69 Å². The van der Waals surface area contributed by atoms with Crippen molar-refractivity contribution < 1.29 is 4.79 Å². The van der Waals surface area contributed by atoms with E-state index in [2.05, 4.69) is 26.6 Å². The average Bonchev–Trinajstić information content (AvgIpc) is 2.33. The highest BCUT2D eigenvalue weighted by atomic mass is 79.9. The van der Waals surface area contributed by atoms with E-state index < -0.39 is 0 Å². The first-order valence-electron chi connectivity index (χ1n) is 6.03. The van der Waals surface area contributed by atoms with Gasteiger partial charge in [0.2, 0.25) is 5.91 Å². The molecular weight excluding hydrogens is 280 g/mol. The largest absolute Gasteiger partial charge is 0.326 e. The Hall–Kier alpha value is -0.870. The molecule has 1 aliphatic rings. The summed E-state index contributed by atoms with van der Waals surface area (Å²) in [7, 11) is 0. The van der Waals surface area contributed by atoms with Crippen molar-refractivity contribution in [2.24, 2.45) is 0 Å². The van der Waals surface area contributed by atoms with Gasteiger partial charge >= 0.3 is 0 Å². The number of piperidine rings is 1. The summed E-state index contributed by atoms with van der Waals surface area (Å²) in [5, 5.41) is 6.29. The highest BCUT2D eigenvalue weighted by Crippen LogP contribution is 2.15. The number of hydrogen-bond acceptors (Lipinski definition) is 2. The lowest BCUT2D eigenvalue weighted by Crippen LogP contribution is -2.36. The molecule has 0 bridgehead atoms. The normalized spacial score (nSPS) is 19.9. The third kappa shape index (κ3) is 4.13. The van der Waals surface area contributed by atoms with Gasteiger partial charge in [-0.15, -0.1) is 0 Å². The summed E-state index contributed by atoms with van der Waals surface area (Å²) in [5.74, 6) is 0.0896. The van der Waals surface area contributed by atoms with Crippen molar-refractivity contribution in [2.75, 3.05) is 11.9 Å². The van der Waals surface area contributed by atoms with Crippen LogP contribution in [-0.4, -0.2) is 18.5 Å². The second-order valence-electron chi connectivity index (χ2n) is 4.41. The summed E-state index contributed by atoms with van der Waals surface area (Å²) in [4.78, 5) is 11.8. The van der Waals surface area contributed by atoms with Gasteiger partial charge in [-0.1, -0.05) is 22.4 Å². The first-order valence-corrected chi connectivity index (χ1v) is 6.82. The first-order chi connectivity index (χ1) is 8.24. The minimum absolute atomic E-state index is 0.0896. The average molecular weight is 297 g/mol. The fourth-order valence-corrected chi connectivity index (χ4v) is 2.33. The van der Waals surface area contributed by atoms with Crippen molar-refractivity contribution in [3.05, 3.63) is 28.7 Å². The fraction of sp³-hybridized carbons (Fsp3) is 0.462. The number of benzene rings is 1. The third-order valence-corrected chi connectivity index (χ3v) is 3.50. The number of rotatable bonds is 3. The number of hydrogen-bond donors (Lipinski definition) is 2. The van der Waals surface area contributed by atoms with Crippen LogP contribution in [0.15, 0.2) is 28.7 Å². The van der Waals surface area contributed by atoms with Gasteiger partial charge in [0.1, 0.15) is 0 Å². The Labute approximate surface area is 110 Å². The molecule has 0 radical (unpaired) electrons. The van der Waals surface area contributed by atoms with Crippen molar-refractivity contribution in [2.45, 2.75) is 31.7 Å². The van der Waals surface area contributed by atoms with Crippen molar-refractivity contribution in [3.63, 3.8) is 0 Å². The van der Waals surface area contributed by atoms with E-state index in [1.807, 2.05) is 24.3 Å². The predicted octanol–water partition coefficient (Wildman–Crippen LogP) is 2.92. The molecule has 1 fully saturated rings. The lowest BCUT2D eigenvalue weighted by Gasteiger charge is -2.22. The van der Waals surface area contributed by atoms with Crippen LogP contribution >= 0.6 is 15.9 Å². The molecule has 3 nitrogen and oxygen atoms in total. The number of carbonyl (C=O) groups is 1. The summed E-state index contributed by atoms with van der Waals surface area (Å²) < 4.78 is 1.02. The minimum Gasteiger partial charge on any atom is -0.326 e. The van der Waals surface area contributed by atoms with E-state index in [0.29, 0.717) is 12.5 Å². The van der Waals surface area contributed by atoms with E-state index in [9.17, 15) is 4.79 Å². The van der Waals surface area contributed by atoms with Gasteiger partial charge in [0.25, 0.3) is 0 Å². The summed E-state index contributed by atoms with van der Waals surface area (Å²) >= 11 is 3.37. The van der Waals surface area contributed by atoms with Gasteiger partial charge in [0, 0.05) is 22.6 Å². The van der Waals surface area contributed by atoms with Gasteiger partial charge in [0.05, 0.1) is 0 Å². The quantitative estimate of drug-likeness (QED) is 0.900. The molecular formula is C13H17BrN2O. The standard InChI is InChI=1S/C13H17BrN2O/c14-10-4-6-11(7-5-10)16-13(17)9-12-3-1-2-8-15-12/h4-7,12,15H,1-3,8-9H2,(H,16,17). The van der Waals surface area contributed by atoms with Gasteiger partial charge in [-0.05, 0) is 43.7 Å². The molecule has 0 aromatic heterocycles. The number of amides is 1. The van der Waals surface area contributed by atoms with Crippen LogP contribution in [0.2, 0.25) is 0 Å². The van der Waals surface area contributed by atoms with E-state index in [-0.39, 0.29) is 5.91 Å². The second kappa shape index (κ2) is 6.17. The summed E-state index contributed by atoms with van der Waals surface area (Å²) in [6, 6.07) is 7.99. The van der Waals surface area contributed by atoms with Crippen molar-refractivity contribution in [1.82, 2.24) is 5.32 Å². The minimum atomic E-state index is 0.0896. The summed E-state index contributed by atoms with van der Waals surface area (Å²) in [5.41, 5.74) is 0.856. The lowest BCUT2D eigenvalue weighted by molar-refractivity contribution is -0.116. The van der Waals surface area contributed by atoms with E-state index in [1.54, 1.807) is 0 Å². The Morgan fingerprint density at radius 1 is 1.35 bits per heavy atom. The van der Waals surface area contributed by atoms with Gasteiger partial charge < -0.3 is 10.6 Å². The molecule has 1 aromatic rings. The van der Waals surface area contributed by atoms with Crippen LogP contribution in [0.25, 0.3) is 0 Å². The molecule has 0 spiro atoms. The van der Waals surface area contributed by atoms with Gasteiger partial charge in [-0.25, -0.2) is 0 Å². The van der Waals surface area contributed by atoms with Gasteiger partial charge in [0.15, 0.2) is 0 Å². The number of carbonyl (C=O) groups excluding carboxylic acids is 1. The van der Waals surface area contributed by atoms with E-state index in [1.165, 1.54) is 12.8 Å². The highest BCUT2D eigenvalue weighted by Gasteiger charge is 2.16. The van der Waals surface area contributed by atoms with Gasteiger partial charge in [-0.3, -0.25) is 4.79 Å².